The van der Waals surface area contributed by atoms with Gasteiger partial charge in [0, 0.05) is 30.6 Å². The van der Waals surface area contributed by atoms with Crippen LogP contribution in [-0.2, 0) is 11.2 Å². The first kappa shape index (κ1) is 20.9. The molecule has 30 heavy (non-hydrogen) atoms. The second-order valence-electron chi connectivity index (χ2n) is 8.79. The lowest BCUT2D eigenvalue weighted by Gasteiger charge is -2.41. The third kappa shape index (κ3) is 4.37. The summed E-state index contributed by atoms with van der Waals surface area (Å²) >= 11 is 1.58. The van der Waals surface area contributed by atoms with Gasteiger partial charge < -0.3 is 10.2 Å². The van der Waals surface area contributed by atoms with Crippen molar-refractivity contribution in [1.29, 1.82) is 5.26 Å². The number of hydrogen-bond donors (Lipinski definition) is 1. The maximum Gasteiger partial charge on any atom is 0.228 e. The van der Waals surface area contributed by atoms with Crippen molar-refractivity contribution in [2.45, 2.75) is 51.9 Å². The SMILES string of the molecule is Cc1c(CCCN(C)c2ccccn2)sc(NC(=O)C2CC3CCC2CC3)c1C#N. The minimum atomic E-state index is 0.127. The van der Waals surface area contributed by atoms with E-state index in [1.165, 1.54) is 30.6 Å². The highest BCUT2D eigenvalue weighted by Crippen LogP contribution is 2.45. The van der Waals surface area contributed by atoms with E-state index in [0.29, 0.717) is 11.5 Å². The molecule has 0 saturated heterocycles. The van der Waals surface area contributed by atoms with Gasteiger partial charge in [-0.15, -0.1) is 11.3 Å². The van der Waals surface area contributed by atoms with Crippen LogP contribution in [0.5, 0.6) is 0 Å². The Balaban J connectivity index is 1.38. The zero-order valence-electron chi connectivity index (χ0n) is 17.9. The molecule has 3 aliphatic rings. The summed E-state index contributed by atoms with van der Waals surface area (Å²) in [5.41, 5.74) is 1.66. The fraction of sp³-hybridized carbons (Fsp3) is 0.542. The quantitative estimate of drug-likeness (QED) is 0.669. The van der Waals surface area contributed by atoms with Crippen molar-refractivity contribution in [3.63, 3.8) is 0 Å². The molecular weight excluding hydrogens is 392 g/mol. The molecule has 0 aliphatic heterocycles. The number of rotatable bonds is 7. The van der Waals surface area contributed by atoms with Crippen molar-refractivity contribution in [2.75, 3.05) is 23.8 Å². The molecule has 2 heterocycles. The summed E-state index contributed by atoms with van der Waals surface area (Å²) in [6.45, 7) is 2.90. The van der Waals surface area contributed by atoms with Gasteiger partial charge in [0.1, 0.15) is 16.9 Å². The second kappa shape index (κ2) is 9.18. The number of hydrogen-bond acceptors (Lipinski definition) is 5. The molecule has 1 amide bonds. The molecule has 5 rings (SSSR count). The fourth-order valence-electron chi connectivity index (χ4n) is 5.10. The molecule has 0 spiro atoms. The first-order chi connectivity index (χ1) is 14.6. The summed E-state index contributed by atoms with van der Waals surface area (Å²) in [5.74, 6) is 2.47. The van der Waals surface area contributed by atoms with E-state index >= 15 is 0 Å². The molecule has 3 saturated carbocycles. The lowest BCUT2D eigenvalue weighted by Crippen LogP contribution is -2.38. The highest BCUT2D eigenvalue weighted by Gasteiger charge is 2.39. The van der Waals surface area contributed by atoms with Crippen molar-refractivity contribution in [1.82, 2.24) is 4.98 Å². The minimum absolute atomic E-state index is 0.127. The van der Waals surface area contributed by atoms with E-state index in [1.807, 2.05) is 38.4 Å². The van der Waals surface area contributed by atoms with Gasteiger partial charge in [-0.1, -0.05) is 18.9 Å². The number of anilines is 2. The highest BCUT2D eigenvalue weighted by atomic mass is 32.1. The van der Waals surface area contributed by atoms with Gasteiger partial charge in [-0.3, -0.25) is 4.79 Å². The summed E-state index contributed by atoms with van der Waals surface area (Å²) < 4.78 is 0. The number of aromatic nitrogens is 1. The number of pyridine rings is 1. The number of carbonyl (C=O) groups excluding carboxylic acids is 1. The van der Waals surface area contributed by atoms with Crippen molar-refractivity contribution < 1.29 is 4.79 Å². The largest absolute Gasteiger partial charge is 0.360 e. The molecule has 1 atom stereocenters. The first-order valence-electron chi connectivity index (χ1n) is 11.0. The van der Waals surface area contributed by atoms with Crippen LogP contribution in [0.25, 0.3) is 0 Å². The Morgan fingerprint density at radius 2 is 2.13 bits per heavy atom. The maximum absolute atomic E-state index is 13.0. The Morgan fingerprint density at radius 1 is 1.33 bits per heavy atom. The van der Waals surface area contributed by atoms with Crippen LogP contribution in [0.4, 0.5) is 10.8 Å². The van der Waals surface area contributed by atoms with E-state index < -0.39 is 0 Å². The van der Waals surface area contributed by atoms with Crippen molar-refractivity contribution in [3.8, 4) is 6.07 Å². The normalized spacial score (nSPS) is 22.5. The Labute approximate surface area is 183 Å². The van der Waals surface area contributed by atoms with Gasteiger partial charge in [0.2, 0.25) is 5.91 Å². The first-order valence-corrected chi connectivity index (χ1v) is 11.8. The van der Waals surface area contributed by atoms with E-state index in [9.17, 15) is 10.1 Å². The molecule has 2 aromatic heterocycles. The Bertz CT molecular complexity index is 925. The molecule has 1 N–H and O–H groups in total. The molecule has 2 bridgehead atoms. The number of aryl methyl sites for hydroxylation is 1. The number of carbonyl (C=O) groups is 1. The molecule has 0 radical (unpaired) electrons. The number of amides is 1. The van der Waals surface area contributed by atoms with Crippen LogP contribution >= 0.6 is 11.3 Å². The van der Waals surface area contributed by atoms with Gasteiger partial charge in [-0.25, -0.2) is 4.98 Å². The van der Waals surface area contributed by atoms with Gasteiger partial charge in [0.25, 0.3) is 0 Å². The molecule has 1 unspecified atom stereocenters. The zero-order valence-corrected chi connectivity index (χ0v) is 18.7. The second-order valence-corrected chi connectivity index (χ2v) is 9.90. The molecule has 158 valence electrons. The topological polar surface area (TPSA) is 69.0 Å². The maximum atomic E-state index is 13.0. The third-order valence-electron chi connectivity index (χ3n) is 6.92. The number of nitrogens with one attached hydrogen (secondary N) is 1. The molecular formula is C24H30N4OS. The Hall–Kier alpha value is -2.39. The third-order valence-corrected chi connectivity index (χ3v) is 8.18. The highest BCUT2D eigenvalue weighted by molar-refractivity contribution is 7.16. The molecule has 6 heteroatoms. The lowest BCUT2D eigenvalue weighted by atomic mass is 9.64. The van der Waals surface area contributed by atoms with E-state index in [0.717, 1.165) is 48.1 Å². The van der Waals surface area contributed by atoms with Crippen molar-refractivity contribution >= 4 is 28.1 Å². The van der Waals surface area contributed by atoms with E-state index in [4.69, 9.17) is 0 Å². The van der Waals surface area contributed by atoms with Gasteiger partial charge in [-0.05, 0) is 68.6 Å². The Kier molecular flexibility index (Phi) is 6.38. The van der Waals surface area contributed by atoms with Gasteiger partial charge in [0.15, 0.2) is 0 Å². The molecule has 3 fully saturated rings. The summed E-state index contributed by atoms with van der Waals surface area (Å²) in [7, 11) is 2.05. The van der Waals surface area contributed by atoms with Crippen LogP contribution in [0.1, 0.15) is 54.5 Å². The van der Waals surface area contributed by atoms with E-state index in [1.54, 1.807) is 11.3 Å². The van der Waals surface area contributed by atoms with Crippen LogP contribution in [0.3, 0.4) is 0 Å². The summed E-state index contributed by atoms with van der Waals surface area (Å²) in [6.07, 6.45) is 9.64. The monoisotopic (exact) mass is 422 g/mol. The van der Waals surface area contributed by atoms with E-state index in [-0.39, 0.29) is 11.8 Å². The molecule has 0 aromatic carbocycles. The summed E-state index contributed by atoms with van der Waals surface area (Å²) in [4.78, 5) is 20.7. The minimum Gasteiger partial charge on any atom is -0.360 e. The van der Waals surface area contributed by atoms with Crippen LogP contribution in [0.2, 0.25) is 0 Å². The average molecular weight is 423 g/mol. The fourth-order valence-corrected chi connectivity index (χ4v) is 6.30. The average Bonchev–Trinajstić information content (AvgIpc) is 3.08. The predicted octanol–water partition coefficient (Wildman–Crippen LogP) is 5.16. The molecule has 2 aromatic rings. The zero-order chi connectivity index (χ0) is 21.1. The molecule has 3 aliphatic carbocycles. The van der Waals surface area contributed by atoms with Crippen LogP contribution in [0, 0.1) is 36.0 Å². The Morgan fingerprint density at radius 3 is 2.77 bits per heavy atom. The van der Waals surface area contributed by atoms with Crippen molar-refractivity contribution in [2.24, 2.45) is 17.8 Å². The van der Waals surface area contributed by atoms with Gasteiger partial charge >= 0.3 is 0 Å². The van der Waals surface area contributed by atoms with Crippen LogP contribution in [-0.4, -0.2) is 24.5 Å². The smallest absolute Gasteiger partial charge is 0.228 e. The molecule has 5 nitrogen and oxygen atoms in total. The van der Waals surface area contributed by atoms with E-state index in [2.05, 4.69) is 21.3 Å². The van der Waals surface area contributed by atoms with Crippen molar-refractivity contribution in [3.05, 3.63) is 40.4 Å². The van der Waals surface area contributed by atoms with Crippen LogP contribution < -0.4 is 10.2 Å². The summed E-state index contributed by atoms with van der Waals surface area (Å²) in [6, 6.07) is 8.25. The number of fused-ring (bicyclic) bond motifs is 3. The van der Waals surface area contributed by atoms with Gasteiger partial charge in [0.05, 0.1) is 5.56 Å². The number of nitriles is 1. The van der Waals surface area contributed by atoms with Gasteiger partial charge in [-0.2, -0.15) is 5.26 Å². The predicted molar refractivity (Wildman–Crippen MR) is 122 cm³/mol. The lowest BCUT2D eigenvalue weighted by molar-refractivity contribution is -0.124. The van der Waals surface area contributed by atoms with Crippen LogP contribution in [0.15, 0.2) is 24.4 Å². The standard InChI is InChI=1S/C24H30N4OS/c1-16-20(15-25)24(27-23(29)19-14-17-8-10-18(19)11-9-17)30-21(16)6-5-13-28(2)22-7-3-4-12-26-22/h3-4,7,12,17-19H,5-6,8-11,13-14H2,1-2H3,(H,27,29). The number of nitrogens with zero attached hydrogens (tertiary/aromatic N) is 3. The number of thiophene rings is 1. The summed E-state index contributed by atoms with van der Waals surface area (Å²) in [5, 5.41) is 13.6.